The minimum Gasteiger partial charge on any atom is -0.506 e. The standard InChI is InChI=1S/C14H9Cl2NO4/c15-8-2-3-9(10(16)6-8)13(19)17-11-5-7(14(20)21)1-4-12(11)18/h1-6,18H,(H,17,19)(H,20,21). The molecule has 0 aromatic heterocycles. The van der Waals surface area contributed by atoms with Gasteiger partial charge >= 0.3 is 5.97 Å². The lowest BCUT2D eigenvalue weighted by Gasteiger charge is -2.09. The molecule has 0 unspecified atom stereocenters. The average Bonchev–Trinajstić information content (AvgIpc) is 2.40. The van der Waals surface area contributed by atoms with Crippen molar-refractivity contribution in [2.24, 2.45) is 0 Å². The summed E-state index contributed by atoms with van der Waals surface area (Å²) < 4.78 is 0. The van der Waals surface area contributed by atoms with E-state index in [1.807, 2.05) is 0 Å². The molecule has 21 heavy (non-hydrogen) atoms. The molecule has 0 fully saturated rings. The maximum Gasteiger partial charge on any atom is 0.335 e. The number of aromatic carboxylic acids is 1. The Hall–Kier alpha value is -2.24. The van der Waals surface area contributed by atoms with Gasteiger partial charge in [-0.1, -0.05) is 23.2 Å². The molecule has 0 saturated carbocycles. The molecule has 0 saturated heterocycles. The number of carbonyl (C=O) groups excluding carboxylic acids is 1. The largest absolute Gasteiger partial charge is 0.506 e. The summed E-state index contributed by atoms with van der Waals surface area (Å²) in [6, 6.07) is 7.89. The van der Waals surface area contributed by atoms with Crippen molar-refractivity contribution in [3.8, 4) is 5.75 Å². The van der Waals surface area contributed by atoms with Gasteiger partial charge in [-0.15, -0.1) is 0 Å². The van der Waals surface area contributed by atoms with Gasteiger partial charge in [-0.25, -0.2) is 4.79 Å². The Morgan fingerprint density at radius 3 is 2.38 bits per heavy atom. The van der Waals surface area contributed by atoms with Crippen LogP contribution in [0.15, 0.2) is 36.4 Å². The van der Waals surface area contributed by atoms with Crippen LogP contribution in [0, 0.1) is 0 Å². The molecule has 0 heterocycles. The molecule has 0 aliphatic heterocycles. The Balaban J connectivity index is 2.31. The van der Waals surface area contributed by atoms with Crippen LogP contribution >= 0.6 is 23.2 Å². The summed E-state index contributed by atoms with van der Waals surface area (Å²) in [4.78, 5) is 23.0. The van der Waals surface area contributed by atoms with Gasteiger partial charge in [0.15, 0.2) is 0 Å². The van der Waals surface area contributed by atoms with Gasteiger partial charge in [0.05, 0.1) is 21.8 Å². The normalized spacial score (nSPS) is 10.2. The molecule has 0 aliphatic carbocycles. The van der Waals surface area contributed by atoms with E-state index in [9.17, 15) is 14.7 Å². The Labute approximate surface area is 129 Å². The Kier molecular flexibility index (Phi) is 4.35. The van der Waals surface area contributed by atoms with Crippen LogP contribution in [0.2, 0.25) is 10.0 Å². The van der Waals surface area contributed by atoms with Crippen molar-refractivity contribution in [2.75, 3.05) is 5.32 Å². The van der Waals surface area contributed by atoms with Crippen LogP contribution in [0.4, 0.5) is 5.69 Å². The van der Waals surface area contributed by atoms with Crippen molar-refractivity contribution in [1.82, 2.24) is 0 Å². The average molecular weight is 326 g/mol. The SMILES string of the molecule is O=C(O)c1ccc(O)c(NC(=O)c2ccc(Cl)cc2Cl)c1. The van der Waals surface area contributed by atoms with Gasteiger partial charge < -0.3 is 15.5 Å². The molecule has 7 heteroatoms. The quantitative estimate of drug-likeness (QED) is 0.752. The Bertz CT molecular complexity index is 731. The second kappa shape index (κ2) is 6.03. The van der Waals surface area contributed by atoms with E-state index in [1.54, 1.807) is 0 Å². The predicted octanol–water partition coefficient (Wildman–Crippen LogP) is 3.65. The molecule has 2 aromatic carbocycles. The van der Waals surface area contributed by atoms with E-state index in [4.69, 9.17) is 28.3 Å². The van der Waals surface area contributed by atoms with Gasteiger partial charge in [0.1, 0.15) is 5.75 Å². The minimum atomic E-state index is -1.17. The third-order valence-corrected chi connectivity index (χ3v) is 3.22. The molecule has 5 nitrogen and oxygen atoms in total. The highest BCUT2D eigenvalue weighted by Crippen LogP contribution is 2.27. The summed E-state index contributed by atoms with van der Waals surface area (Å²) >= 11 is 11.7. The minimum absolute atomic E-state index is 0.0223. The topological polar surface area (TPSA) is 86.6 Å². The summed E-state index contributed by atoms with van der Waals surface area (Å²) in [5, 5.41) is 21.5. The van der Waals surface area contributed by atoms with E-state index in [0.29, 0.717) is 5.02 Å². The maximum atomic E-state index is 12.1. The lowest BCUT2D eigenvalue weighted by Crippen LogP contribution is -2.13. The summed E-state index contributed by atoms with van der Waals surface area (Å²) in [6.07, 6.45) is 0. The van der Waals surface area contributed by atoms with Crippen molar-refractivity contribution in [1.29, 1.82) is 0 Å². The van der Waals surface area contributed by atoms with Gasteiger partial charge in [-0.05, 0) is 36.4 Å². The maximum absolute atomic E-state index is 12.1. The summed E-state index contributed by atoms with van der Waals surface area (Å²) in [6.45, 7) is 0. The van der Waals surface area contributed by atoms with E-state index in [2.05, 4.69) is 5.32 Å². The number of carbonyl (C=O) groups is 2. The van der Waals surface area contributed by atoms with Crippen LogP contribution in [0.5, 0.6) is 5.75 Å². The number of carboxylic acids is 1. The highest BCUT2D eigenvalue weighted by Gasteiger charge is 2.14. The van der Waals surface area contributed by atoms with Gasteiger partial charge in [-0.3, -0.25) is 4.79 Å². The number of halogens is 2. The number of benzene rings is 2. The van der Waals surface area contributed by atoms with E-state index in [1.165, 1.54) is 30.3 Å². The molecule has 0 spiro atoms. The van der Waals surface area contributed by atoms with Crippen molar-refractivity contribution < 1.29 is 19.8 Å². The molecule has 3 N–H and O–H groups in total. The van der Waals surface area contributed by atoms with Crippen LogP contribution in [-0.2, 0) is 0 Å². The fourth-order valence-electron chi connectivity index (χ4n) is 1.63. The van der Waals surface area contributed by atoms with Crippen molar-refractivity contribution in [2.45, 2.75) is 0 Å². The van der Waals surface area contributed by atoms with Crippen LogP contribution in [-0.4, -0.2) is 22.1 Å². The fraction of sp³-hybridized carbons (Fsp3) is 0. The second-order valence-electron chi connectivity index (χ2n) is 4.12. The first-order valence-corrected chi connectivity index (χ1v) is 6.47. The number of rotatable bonds is 3. The molecular formula is C14H9Cl2NO4. The second-order valence-corrected chi connectivity index (χ2v) is 4.96. The van der Waals surface area contributed by atoms with Crippen molar-refractivity contribution in [3.63, 3.8) is 0 Å². The zero-order chi connectivity index (χ0) is 15.6. The highest BCUT2D eigenvalue weighted by molar-refractivity contribution is 6.37. The first kappa shape index (κ1) is 15.2. The zero-order valence-electron chi connectivity index (χ0n) is 10.4. The van der Waals surface area contributed by atoms with Crippen molar-refractivity contribution in [3.05, 3.63) is 57.6 Å². The first-order valence-electron chi connectivity index (χ1n) is 5.71. The van der Waals surface area contributed by atoms with E-state index < -0.39 is 11.9 Å². The lowest BCUT2D eigenvalue weighted by molar-refractivity contribution is 0.0696. The summed E-state index contributed by atoms with van der Waals surface area (Å²) in [5.74, 6) is -2.01. The smallest absolute Gasteiger partial charge is 0.335 e. The van der Waals surface area contributed by atoms with E-state index in [0.717, 1.165) is 6.07 Å². The van der Waals surface area contributed by atoms with Crippen LogP contribution in [0.1, 0.15) is 20.7 Å². The Morgan fingerprint density at radius 2 is 1.76 bits per heavy atom. The predicted molar refractivity (Wildman–Crippen MR) is 79.5 cm³/mol. The third kappa shape index (κ3) is 3.45. The molecule has 0 aliphatic rings. The first-order chi connectivity index (χ1) is 9.88. The summed E-state index contributed by atoms with van der Waals surface area (Å²) in [7, 11) is 0. The van der Waals surface area contributed by atoms with Crippen LogP contribution < -0.4 is 5.32 Å². The molecule has 1 amide bonds. The highest BCUT2D eigenvalue weighted by atomic mass is 35.5. The van der Waals surface area contributed by atoms with Gasteiger partial charge in [-0.2, -0.15) is 0 Å². The fourth-order valence-corrected chi connectivity index (χ4v) is 2.13. The van der Waals surface area contributed by atoms with Gasteiger partial charge in [0.25, 0.3) is 5.91 Å². The van der Waals surface area contributed by atoms with E-state index in [-0.39, 0.29) is 27.6 Å². The number of phenolic OH excluding ortho intramolecular Hbond substituents is 1. The number of aromatic hydroxyl groups is 1. The molecule has 0 bridgehead atoms. The number of hydrogen-bond acceptors (Lipinski definition) is 3. The van der Waals surface area contributed by atoms with E-state index >= 15 is 0 Å². The lowest BCUT2D eigenvalue weighted by atomic mass is 10.1. The zero-order valence-corrected chi connectivity index (χ0v) is 11.9. The molecule has 108 valence electrons. The number of nitrogens with one attached hydrogen (secondary N) is 1. The van der Waals surface area contributed by atoms with Crippen LogP contribution in [0.3, 0.4) is 0 Å². The number of phenols is 1. The number of hydrogen-bond donors (Lipinski definition) is 3. The van der Waals surface area contributed by atoms with Crippen molar-refractivity contribution >= 4 is 40.8 Å². The molecule has 0 radical (unpaired) electrons. The molecule has 2 aromatic rings. The molecular weight excluding hydrogens is 317 g/mol. The summed E-state index contributed by atoms with van der Waals surface area (Å²) in [5.41, 5.74) is 0.0671. The Morgan fingerprint density at radius 1 is 1.05 bits per heavy atom. The number of anilines is 1. The van der Waals surface area contributed by atoms with Gasteiger partial charge in [0.2, 0.25) is 0 Å². The monoisotopic (exact) mass is 325 g/mol. The number of amides is 1. The number of carboxylic acid groups (broad SMARTS) is 1. The molecule has 2 rings (SSSR count). The van der Waals surface area contributed by atoms with Crippen LogP contribution in [0.25, 0.3) is 0 Å². The molecule has 0 atom stereocenters. The van der Waals surface area contributed by atoms with Gasteiger partial charge in [0, 0.05) is 5.02 Å². The third-order valence-electron chi connectivity index (χ3n) is 2.67.